The molecule has 1 atom stereocenters. The first-order chi connectivity index (χ1) is 13.2. The standard InChI is InChI=1S/C20H16F3NO4/c1-12(14-3-2-4-15(9-14)20(21,22)23)24-18(25)11-27-16-7-5-13-6-8-19(26)28-17(13)10-16/h2-10,12H,11H2,1H3,(H,24,25). The summed E-state index contributed by atoms with van der Waals surface area (Å²) in [7, 11) is 0. The summed E-state index contributed by atoms with van der Waals surface area (Å²) in [6.45, 7) is 1.24. The smallest absolute Gasteiger partial charge is 0.416 e. The zero-order chi connectivity index (χ0) is 20.3. The lowest BCUT2D eigenvalue weighted by Crippen LogP contribution is -2.31. The lowest BCUT2D eigenvalue weighted by molar-refractivity contribution is -0.137. The maximum absolute atomic E-state index is 12.8. The van der Waals surface area contributed by atoms with Crippen LogP contribution in [0, 0.1) is 0 Å². The van der Waals surface area contributed by atoms with Crippen LogP contribution in [0.1, 0.15) is 24.1 Å². The van der Waals surface area contributed by atoms with Crippen LogP contribution in [0.5, 0.6) is 5.75 Å². The molecule has 146 valence electrons. The SMILES string of the molecule is CC(NC(=O)COc1ccc2ccc(=O)oc2c1)c1cccc(C(F)(F)F)c1. The first-order valence-electron chi connectivity index (χ1n) is 8.35. The van der Waals surface area contributed by atoms with Crippen LogP contribution in [-0.4, -0.2) is 12.5 Å². The van der Waals surface area contributed by atoms with Crippen molar-refractivity contribution in [2.45, 2.75) is 19.1 Å². The Morgan fingerprint density at radius 3 is 2.64 bits per heavy atom. The zero-order valence-electron chi connectivity index (χ0n) is 14.7. The van der Waals surface area contributed by atoms with Gasteiger partial charge in [0.1, 0.15) is 11.3 Å². The molecular weight excluding hydrogens is 375 g/mol. The summed E-state index contributed by atoms with van der Waals surface area (Å²) in [5, 5.41) is 3.29. The molecule has 0 bridgehead atoms. The topological polar surface area (TPSA) is 68.5 Å². The molecule has 28 heavy (non-hydrogen) atoms. The summed E-state index contributed by atoms with van der Waals surface area (Å²) in [5.41, 5.74) is -0.629. The molecule has 3 rings (SSSR count). The Bertz CT molecular complexity index is 1060. The van der Waals surface area contributed by atoms with Gasteiger partial charge in [-0.3, -0.25) is 4.79 Å². The number of rotatable bonds is 5. The van der Waals surface area contributed by atoms with Crippen molar-refractivity contribution in [1.29, 1.82) is 0 Å². The maximum Gasteiger partial charge on any atom is 0.416 e. The Morgan fingerprint density at radius 1 is 1.14 bits per heavy atom. The van der Waals surface area contributed by atoms with Gasteiger partial charge in [-0.1, -0.05) is 12.1 Å². The summed E-state index contributed by atoms with van der Waals surface area (Å²) < 4.78 is 48.8. The maximum atomic E-state index is 12.8. The molecule has 0 fully saturated rings. The second-order valence-corrected chi connectivity index (χ2v) is 6.16. The van der Waals surface area contributed by atoms with Crippen LogP contribution in [0.15, 0.2) is 63.8 Å². The fourth-order valence-electron chi connectivity index (χ4n) is 2.63. The Kier molecular flexibility index (Phi) is 5.39. The van der Waals surface area contributed by atoms with Crippen molar-refractivity contribution in [3.05, 3.63) is 76.1 Å². The third kappa shape index (κ3) is 4.70. The molecule has 1 unspecified atom stereocenters. The van der Waals surface area contributed by atoms with Crippen molar-refractivity contribution >= 4 is 16.9 Å². The van der Waals surface area contributed by atoms with Crippen LogP contribution in [0.2, 0.25) is 0 Å². The number of nitrogens with one attached hydrogen (secondary N) is 1. The monoisotopic (exact) mass is 391 g/mol. The Hall–Kier alpha value is -3.29. The number of carbonyl (C=O) groups is 1. The predicted molar refractivity (Wildman–Crippen MR) is 96.0 cm³/mol. The highest BCUT2D eigenvalue weighted by atomic mass is 19.4. The second-order valence-electron chi connectivity index (χ2n) is 6.16. The van der Waals surface area contributed by atoms with Gasteiger partial charge in [0.15, 0.2) is 6.61 Å². The average molecular weight is 391 g/mol. The fourth-order valence-corrected chi connectivity index (χ4v) is 2.63. The number of hydrogen-bond acceptors (Lipinski definition) is 4. The number of hydrogen-bond donors (Lipinski definition) is 1. The molecule has 1 heterocycles. The van der Waals surface area contributed by atoms with Crippen molar-refractivity contribution in [3.63, 3.8) is 0 Å². The van der Waals surface area contributed by atoms with Crippen LogP contribution in [-0.2, 0) is 11.0 Å². The number of halogens is 3. The number of fused-ring (bicyclic) bond motifs is 1. The van der Waals surface area contributed by atoms with Crippen LogP contribution >= 0.6 is 0 Å². The highest BCUT2D eigenvalue weighted by Crippen LogP contribution is 2.30. The molecule has 3 aromatic rings. The first kappa shape index (κ1) is 19.5. The van der Waals surface area contributed by atoms with E-state index in [9.17, 15) is 22.8 Å². The molecule has 0 aliphatic rings. The predicted octanol–water partition coefficient (Wildman–Crippen LogP) is 4.07. The molecule has 1 aromatic heterocycles. The third-order valence-corrected chi connectivity index (χ3v) is 4.06. The molecular formula is C20H16F3NO4. The van der Waals surface area contributed by atoms with E-state index in [2.05, 4.69) is 5.32 Å². The Morgan fingerprint density at radius 2 is 1.89 bits per heavy atom. The Labute approximate surface area is 157 Å². The number of benzene rings is 2. The van der Waals surface area contributed by atoms with Crippen LogP contribution in [0.25, 0.3) is 11.0 Å². The van der Waals surface area contributed by atoms with Crippen LogP contribution in [0.4, 0.5) is 13.2 Å². The van der Waals surface area contributed by atoms with Gasteiger partial charge in [0.2, 0.25) is 0 Å². The molecule has 0 spiro atoms. The zero-order valence-corrected chi connectivity index (χ0v) is 14.7. The van der Waals surface area contributed by atoms with E-state index in [-0.39, 0.29) is 6.61 Å². The highest BCUT2D eigenvalue weighted by Gasteiger charge is 2.30. The summed E-state index contributed by atoms with van der Waals surface area (Å²) >= 11 is 0. The van der Waals surface area contributed by atoms with Crippen molar-refractivity contribution in [2.24, 2.45) is 0 Å². The number of alkyl halides is 3. The van der Waals surface area contributed by atoms with E-state index in [1.807, 2.05) is 0 Å². The minimum absolute atomic E-state index is 0.322. The van der Waals surface area contributed by atoms with Crippen LogP contribution in [0.3, 0.4) is 0 Å². The van der Waals surface area contributed by atoms with Gasteiger partial charge in [0.25, 0.3) is 5.91 Å². The summed E-state index contributed by atoms with van der Waals surface area (Å²) in [6.07, 6.45) is -4.45. The van der Waals surface area contributed by atoms with E-state index in [4.69, 9.17) is 9.15 Å². The van der Waals surface area contributed by atoms with Gasteiger partial charge in [-0.05, 0) is 42.8 Å². The van der Waals surface area contributed by atoms with E-state index in [1.165, 1.54) is 24.3 Å². The van der Waals surface area contributed by atoms with E-state index < -0.39 is 29.3 Å². The van der Waals surface area contributed by atoms with Crippen molar-refractivity contribution < 1.29 is 27.1 Å². The largest absolute Gasteiger partial charge is 0.484 e. The molecule has 8 heteroatoms. The van der Waals surface area contributed by atoms with Gasteiger partial charge >= 0.3 is 11.8 Å². The highest BCUT2D eigenvalue weighted by molar-refractivity contribution is 5.79. The number of amides is 1. The van der Waals surface area contributed by atoms with Crippen molar-refractivity contribution in [2.75, 3.05) is 6.61 Å². The van der Waals surface area contributed by atoms with Gasteiger partial charge in [-0.15, -0.1) is 0 Å². The molecule has 5 nitrogen and oxygen atoms in total. The third-order valence-electron chi connectivity index (χ3n) is 4.06. The molecule has 1 N–H and O–H groups in total. The molecule has 2 aromatic carbocycles. The fraction of sp³-hybridized carbons (Fsp3) is 0.200. The Balaban J connectivity index is 1.62. The van der Waals surface area contributed by atoms with Gasteiger partial charge in [-0.25, -0.2) is 4.79 Å². The number of carbonyl (C=O) groups excluding carboxylic acids is 1. The van der Waals surface area contributed by atoms with Gasteiger partial charge in [-0.2, -0.15) is 13.2 Å². The molecule has 1 amide bonds. The quantitative estimate of drug-likeness (QED) is 0.666. The summed E-state index contributed by atoms with van der Waals surface area (Å²) in [4.78, 5) is 23.3. The van der Waals surface area contributed by atoms with Crippen molar-refractivity contribution in [1.82, 2.24) is 5.32 Å². The van der Waals surface area contributed by atoms with E-state index >= 15 is 0 Å². The lowest BCUT2D eigenvalue weighted by atomic mass is 10.0. The van der Waals surface area contributed by atoms with Crippen LogP contribution < -0.4 is 15.7 Å². The minimum Gasteiger partial charge on any atom is -0.484 e. The minimum atomic E-state index is -4.45. The first-order valence-corrected chi connectivity index (χ1v) is 8.35. The summed E-state index contributed by atoms with van der Waals surface area (Å²) in [6, 6.07) is 11.8. The normalized spacial score (nSPS) is 12.6. The van der Waals surface area contributed by atoms with E-state index in [1.54, 1.807) is 25.1 Å². The lowest BCUT2D eigenvalue weighted by Gasteiger charge is -2.16. The summed E-state index contributed by atoms with van der Waals surface area (Å²) in [5.74, 6) is -0.178. The van der Waals surface area contributed by atoms with Gasteiger partial charge in [0.05, 0.1) is 11.6 Å². The molecule has 0 aliphatic heterocycles. The molecule has 0 saturated carbocycles. The van der Waals surface area contributed by atoms with E-state index in [0.717, 1.165) is 12.1 Å². The average Bonchev–Trinajstić information content (AvgIpc) is 2.65. The number of ether oxygens (including phenoxy) is 1. The molecule has 0 radical (unpaired) electrons. The molecule has 0 saturated heterocycles. The second kappa shape index (κ2) is 7.75. The van der Waals surface area contributed by atoms with Gasteiger partial charge < -0.3 is 14.5 Å². The van der Waals surface area contributed by atoms with E-state index in [0.29, 0.717) is 22.3 Å². The van der Waals surface area contributed by atoms with Gasteiger partial charge in [0, 0.05) is 17.5 Å². The molecule has 0 aliphatic carbocycles. The van der Waals surface area contributed by atoms with Crippen molar-refractivity contribution in [3.8, 4) is 5.75 Å².